The number of amides is 1. The molecule has 1 N–H and O–H groups in total. The van der Waals surface area contributed by atoms with Crippen LogP contribution in [-0.2, 0) is 24.1 Å². The quantitative estimate of drug-likeness (QED) is 0.494. The van der Waals surface area contributed by atoms with Crippen LogP contribution in [0, 0.1) is 6.92 Å². The lowest BCUT2D eigenvalue weighted by Gasteiger charge is -2.07. The van der Waals surface area contributed by atoms with Crippen molar-refractivity contribution in [1.29, 1.82) is 0 Å². The van der Waals surface area contributed by atoms with E-state index in [1.54, 1.807) is 16.9 Å². The number of aryl methyl sites for hydroxylation is 2. The number of rotatable bonds is 7. The Bertz CT molecular complexity index is 1080. The summed E-state index contributed by atoms with van der Waals surface area (Å²) in [5.74, 6) is 0.123. The molecule has 1 saturated carbocycles. The highest BCUT2D eigenvalue weighted by atomic mass is 79.9. The Kier molecular flexibility index (Phi) is 5.92. The van der Waals surface area contributed by atoms with Crippen molar-refractivity contribution in [3.05, 3.63) is 63.5 Å². The van der Waals surface area contributed by atoms with E-state index in [1.807, 2.05) is 31.2 Å². The zero-order chi connectivity index (χ0) is 22.2. The Morgan fingerprint density at radius 1 is 1.19 bits per heavy atom. The van der Waals surface area contributed by atoms with E-state index < -0.39 is 11.9 Å². The summed E-state index contributed by atoms with van der Waals surface area (Å²) in [4.78, 5) is 12.3. The summed E-state index contributed by atoms with van der Waals surface area (Å²) >= 11 is 3.06. The highest BCUT2D eigenvalue weighted by Crippen LogP contribution is 2.47. The molecule has 0 unspecified atom stereocenters. The minimum Gasteiger partial charge on any atom is -0.309 e. The van der Waals surface area contributed by atoms with Gasteiger partial charge in [0.05, 0.1) is 23.3 Å². The van der Waals surface area contributed by atoms with Crippen molar-refractivity contribution in [2.75, 3.05) is 5.32 Å². The molecule has 3 aromatic rings. The minimum atomic E-state index is -4.54. The lowest BCUT2D eigenvalue weighted by atomic mass is 10.1. The monoisotopic (exact) mass is 495 g/mol. The molecule has 164 valence electrons. The third kappa shape index (κ3) is 5.17. The van der Waals surface area contributed by atoms with Gasteiger partial charge in [-0.15, -0.1) is 0 Å². The molecule has 0 aliphatic heterocycles. The Morgan fingerprint density at radius 2 is 1.90 bits per heavy atom. The van der Waals surface area contributed by atoms with Gasteiger partial charge in [-0.25, -0.2) is 0 Å². The highest BCUT2D eigenvalue weighted by molar-refractivity contribution is 9.10. The molecule has 0 spiro atoms. The number of alkyl halides is 3. The van der Waals surface area contributed by atoms with E-state index in [9.17, 15) is 18.0 Å². The van der Waals surface area contributed by atoms with Crippen molar-refractivity contribution in [2.45, 2.75) is 51.4 Å². The molecule has 1 aromatic carbocycles. The van der Waals surface area contributed by atoms with E-state index in [-0.39, 0.29) is 29.3 Å². The van der Waals surface area contributed by atoms with E-state index in [2.05, 4.69) is 31.4 Å². The third-order valence-corrected chi connectivity index (χ3v) is 5.87. The van der Waals surface area contributed by atoms with Crippen LogP contribution in [0.5, 0.6) is 0 Å². The van der Waals surface area contributed by atoms with Crippen molar-refractivity contribution >= 4 is 27.7 Å². The fourth-order valence-corrected chi connectivity index (χ4v) is 4.19. The van der Waals surface area contributed by atoms with Crippen LogP contribution in [-0.4, -0.2) is 25.5 Å². The normalized spacial score (nSPS) is 14.1. The first-order valence-electron chi connectivity index (χ1n) is 9.93. The van der Waals surface area contributed by atoms with Crippen LogP contribution in [0.1, 0.15) is 47.7 Å². The largest absolute Gasteiger partial charge is 0.436 e. The Morgan fingerprint density at radius 3 is 2.55 bits per heavy atom. The van der Waals surface area contributed by atoms with Crippen LogP contribution in [0.25, 0.3) is 0 Å². The van der Waals surface area contributed by atoms with Gasteiger partial charge < -0.3 is 5.32 Å². The van der Waals surface area contributed by atoms with Crippen molar-refractivity contribution in [1.82, 2.24) is 19.6 Å². The Hall–Kier alpha value is -2.62. The van der Waals surface area contributed by atoms with Gasteiger partial charge in [0.25, 0.3) is 0 Å². The van der Waals surface area contributed by atoms with Crippen LogP contribution in [0.2, 0.25) is 0 Å². The smallest absolute Gasteiger partial charge is 0.309 e. The van der Waals surface area contributed by atoms with Gasteiger partial charge in [0.15, 0.2) is 11.5 Å². The number of aromatic nitrogens is 4. The van der Waals surface area contributed by atoms with Gasteiger partial charge in [0.2, 0.25) is 5.91 Å². The molecule has 2 aromatic heterocycles. The van der Waals surface area contributed by atoms with Crippen LogP contribution in [0.15, 0.2) is 41.0 Å². The minimum absolute atomic E-state index is 0.00401. The number of carbonyl (C=O) groups excluding carboxylic acids is 1. The average molecular weight is 496 g/mol. The summed E-state index contributed by atoms with van der Waals surface area (Å²) in [5.41, 5.74) is 1.84. The second kappa shape index (κ2) is 8.49. The van der Waals surface area contributed by atoms with E-state index in [4.69, 9.17) is 0 Å². The van der Waals surface area contributed by atoms with Crippen molar-refractivity contribution in [3.8, 4) is 0 Å². The number of nitrogens with one attached hydrogen (secondary N) is 1. The van der Waals surface area contributed by atoms with E-state index in [0.717, 1.165) is 18.4 Å². The topological polar surface area (TPSA) is 64.7 Å². The molecular weight excluding hydrogens is 475 g/mol. The second-order valence-corrected chi connectivity index (χ2v) is 8.52. The molecule has 0 radical (unpaired) electrons. The van der Waals surface area contributed by atoms with Crippen LogP contribution in [0.3, 0.4) is 0 Å². The second-order valence-electron chi connectivity index (χ2n) is 7.73. The summed E-state index contributed by atoms with van der Waals surface area (Å²) < 4.78 is 42.6. The van der Waals surface area contributed by atoms with Gasteiger partial charge in [-0.1, -0.05) is 29.8 Å². The molecule has 4 rings (SSSR count). The number of hydrogen-bond donors (Lipinski definition) is 1. The molecule has 6 nitrogen and oxygen atoms in total. The molecule has 1 fully saturated rings. The average Bonchev–Trinajstić information content (AvgIpc) is 3.34. The van der Waals surface area contributed by atoms with E-state index in [0.29, 0.717) is 18.1 Å². The first-order chi connectivity index (χ1) is 14.7. The zero-order valence-corrected chi connectivity index (χ0v) is 18.4. The van der Waals surface area contributed by atoms with Crippen molar-refractivity contribution in [3.63, 3.8) is 0 Å². The van der Waals surface area contributed by atoms with Gasteiger partial charge in [0, 0.05) is 24.6 Å². The lowest BCUT2D eigenvalue weighted by Crippen LogP contribution is -2.17. The number of hydrogen-bond acceptors (Lipinski definition) is 3. The summed E-state index contributed by atoms with van der Waals surface area (Å²) in [5, 5.41) is 10.8. The molecule has 0 saturated heterocycles. The molecule has 2 heterocycles. The fourth-order valence-electron chi connectivity index (χ4n) is 3.36. The maximum Gasteiger partial charge on any atom is 0.436 e. The number of carbonyl (C=O) groups is 1. The maximum atomic E-state index is 13.2. The van der Waals surface area contributed by atoms with Gasteiger partial charge in [-0.2, -0.15) is 23.4 Å². The van der Waals surface area contributed by atoms with E-state index in [1.165, 1.54) is 10.2 Å². The van der Waals surface area contributed by atoms with Gasteiger partial charge >= 0.3 is 6.18 Å². The molecule has 31 heavy (non-hydrogen) atoms. The van der Waals surface area contributed by atoms with Gasteiger partial charge in [0.1, 0.15) is 0 Å². The summed E-state index contributed by atoms with van der Waals surface area (Å²) in [6.07, 6.45) is -1.13. The van der Waals surface area contributed by atoms with Crippen LogP contribution >= 0.6 is 15.9 Å². The molecular formula is C21H21BrF3N5O. The molecule has 0 bridgehead atoms. The lowest BCUT2D eigenvalue weighted by molar-refractivity contribution is -0.142. The molecule has 1 aliphatic rings. The van der Waals surface area contributed by atoms with E-state index >= 15 is 0 Å². The van der Waals surface area contributed by atoms with Gasteiger partial charge in [-0.3, -0.25) is 14.2 Å². The molecule has 0 atom stereocenters. The summed E-state index contributed by atoms with van der Waals surface area (Å²) in [7, 11) is 0. The maximum absolute atomic E-state index is 13.2. The fraction of sp³-hybridized carbons (Fsp3) is 0.381. The third-order valence-electron chi connectivity index (χ3n) is 5.09. The number of nitrogens with zero attached hydrogens (tertiary/aromatic N) is 4. The van der Waals surface area contributed by atoms with Crippen molar-refractivity contribution < 1.29 is 18.0 Å². The first-order valence-corrected chi connectivity index (χ1v) is 10.7. The van der Waals surface area contributed by atoms with Gasteiger partial charge in [-0.05, 0) is 41.3 Å². The first kappa shape index (κ1) is 21.6. The Labute approximate surface area is 185 Å². The highest BCUT2D eigenvalue weighted by Gasteiger charge is 2.41. The predicted molar refractivity (Wildman–Crippen MR) is 113 cm³/mol. The number of benzene rings is 1. The molecule has 10 heteroatoms. The Balaban J connectivity index is 1.37. The standard InChI is InChI=1S/C21H21BrF3N5O/c1-13-2-4-14(5-3-13)12-29-10-8-16(27-29)26-17(31)9-11-30-19(15-6-7-15)18(22)20(28-30)21(23,24)25/h2-5,8,10,15H,6-7,9,11-12H2,1H3,(H,26,27,31). The number of halogens is 4. The zero-order valence-electron chi connectivity index (χ0n) is 16.8. The number of anilines is 1. The predicted octanol–water partition coefficient (Wildman–Crippen LogP) is 5.12. The molecule has 1 aliphatic carbocycles. The summed E-state index contributed by atoms with van der Waals surface area (Å²) in [6.45, 7) is 2.66. The van der Waals surface area contributed by atoms with Crippen LogP contribution in [0.4, 0.5) is 19.0 Å². The SMILES string of the molecule is Cc1ccc(Cn2ccc(NC(=O)CCn3nc(C(F)(F)F)c(Br)c3C3CC3)n2)cc1. The van der Waals surface area contributed by atoms with Crippen molar-refractivity contribution in [2.24, 2.45) is 0 Å². The summed E-state index contributed by atoms with van der Waals surface area (Å²) in [6, 6.07) is 9.77. The molecule has 1 amide bonds. The van der Waals surface area contributed by atoms with Crippen LogP contribution < -0.4 is 5.32 Å².